The zero-order chi connectivity index (χ0) is 17.6. The van der Waals surface area contributed by atoms with Crippen LogP contribution in [0, 0.1) is 0 Å². The predicted octanol–water partition coefficient (Wildman–Crippen LogP) is 2.54. The third-order valence-electron chi connectivity index (χ3n) is 4.60. The van der Waals surface area contributed by atoms with Gasteiger partial charge in [-0.2, -0.15) is 0 Å². The van der Waals surface area contributed by atoms with Gasteiger partial charge in [0.2, 0.25) is 0 Å². The average molecular weight is 340 g/mol. The molecule has 2 aromatic heterocycles. The molecule has 6 nitrogen and oxygen atoms in total. The van der Waals surface area contributed by atoms with E-state index in [0.29, 0.717) is 18.9 Å². The summed E-state index contributed by atoms with van der Waals surface area (Å²) in [7, 11) is 1.83. The molecule has 3 rings (SSSR count). The maximum Gasteiger partial charge on any atom is 0.272 e. The van der Waals surface area contributed by atoms with Crippen LogP contribution < -0.4 is 4.90 Å². The fourth-order valence-corrected chi connectivity index (χ4v) is 3.20. The summed E-state index contributed by atoms with van der Waals surface area (Å²) in [5.74, 6) is -0.0706. The van der Waals surface area contributed by atoms with Crippen LogP contribution in [0.3, 0.4) is 0 Å². The van der Waals surface area contributed by atoms with Gasteiger partial charge in [-0.25, -0.2) is 0 Å². The van der Waals surface area contributed by atoms with Gasteiger partial charge in [0.25, 0.3) is 5.91 Å². The van der Waals surface area contributed by atoms with E-state index in [-0.39, 0.29) is 11.9 Å². The molecule has 0 aliphatic carbocycles. The molecule has 25 heavy (non-hydrogen) atoms. The van der Waals surface area contributed by atoms with Crippen LogP contribution in [0.15, 0.2) is 42.9 Å². The minimum atomic E-state index is -0.0706. The number of rotatable bonds is 5. The van der Waals surface area contributed by atoms with Crippen LogP contribution in [0.1, 0.15) is 35.4 Å². The van der Waals surface area contributed by atoms with Crippen molar-refractivity contribution >= 4 is 11.6 Å². The largest absolute Gasteiger partial charge is 0.378 e. The summed E-state index contributed by atoms with van der Waals surface area (Å²) < 4.78 is 5.39. The van der Waals surface area contributed by atoms with Crippen molar-refractivity contribution in [3.8, 4) is 0 Å². The molecule has 1 atom stereocenters. The lowest BCUT2D eigenvalue weighted by Gasteiger charge is -2.30. The van der Waals surface area contributed by atoms with E-state index in [9.17, 15) is 4.79 Å². The lowest BCUT2D eigenvalue weighted by molar-refractivity contribution is 0.0720. The van der Waals surface area contributed by atoms with Gasteiger partial charge >= 0.3 is 0 Å². The summed E-state index contributed by atoms with van der Waals surface area (Å²) in [4.78, 5) is 25.3. The van der Waals surface area contributed by atoms with E-state index in [2.05, 4.69) is 21.8 Å². The van der Waals surface area contributed by atoms with E-state index >= 15 is 0 Å². The molecule has 0 aromatic carbocycles. The van der Waals surface area contributed by atoms with Gasteiger partial charge in [-0.15, -0.1) is 0 Å². The van der Waals surface area contributed by atoms with Crippen molar-refractivity contribution in [2.75, 3.05) is 38.3 Å². The topological polar surface area (TPSA) is 58.6 Å². The summed E-state index contributed by atoms with van der Waals surface area (Å²) in [6.07, 6.45) is 6.05. The highest BCUT2D eigenvalue weighted by molar-refractivity contribution is 5.93. The molecule has 0 N–H and O–H groups in total. The lowest BCUT2D eigenvalue weighted by atomic mass is 10.0. The van der Waals surface area contributed by atoms with Crippen molar-refractivity contribution in [2.45, 2.75) is 19.4 Å². The normalized spacial score (nSPS) is 15.7. The number of amides is 1. The van der Waals surface area contributed by atoms with Crippen molar-refractivity contribution in [1.29, 1.82) is 0 Å². The van der Waals surface area contributed by atoms with E-state index in [1.165, 1.54) is 0 Å². The molecule has 1 aliphatic heterocycles. The minimum Gasteiger partial charge on any atom is -0.378 e. The van der Waals surface area contributed by atoms with Crippen molar-refractivity contribution in [1.82, 2.24) is 14.9 Å². The summed E-state index contributed by atoms with van der Waals surface area (Å²) in [5.41, 5.74) is 2.57. The van der Waals surface area contributed by atoms with Crippen LogP contribution in [-0.2, 0) is 4.74 Å². The molecule has 1 amide bonds. The molecule has 0 bridgehead atoms. The molecule has 1 aliphatic rings. The fourth-order valence-electron chi connectivity index (χ4n) is 3.20. The number of hydrogen-bond acceptors (Lipinski definition) is 5. The average Bonchev–Trinajstić information content (AvgIpc) is 2.69. The Labute approximate surface area is 148 Å². The molecular weight excluding hydrogens is 316 g/mol. The van der Waals surface area contributed by atoms with Crippen molar-refractivity contribution in [3.05, 3.63) is 54.1 Å². The van der Waals surface area contributed by atoms with Gasteiger partial charge in [0.15, 0.2) is 0 Å². The van der Waals surface area contributed by atoms with E-state index < -0.39 is 0 Å². The Morgan fingerprint density at radius 3 is 2.64 bits per heavy atom. The molecule has 0 saturated carbocycles. The molecule has 1 fully saturated rings. The Bertz CT molecular complexity index is 702. The maximum atomic E-state index is 13.0. The van der Waals surface area contributed by atoms with Crippen LogP contribution >= 0.6 is 0 Å². The zero-order valence-electron chi connectivity index (χ0n) is 14.8. The molecule has 132 valence electrons. The Morgan fingerprint density at radius 1 is 1.24 bits per heavy atom. The standard InChI is InChI=1S/C19H24N4O2/c1-3-18(15-4-7-20-8-5-15)22(2)19(24)17-14-16(6-9-21-17)23-10-12-25-13-11-23/h4-9,14,18H,3,10-13H2,1-2H3/t18-/m0/s1. The summed E-state index contributed by atoms with van der Waals surface area (Å²) in [6.45, 7) is 5.17. The number of aromatic nitrogens is 2. The SMILES string of the molecule is CC[C@@H](c1ccncc1)N(C)C(=O)c1cc(N2CCOCC2)ccn1. The number of carbonyl (C=O) groups is 1. The van der Waals surface area contributed by atoms with E-state index in [0.717, 1.165) is 30.8 Å². The molecule has 0 unspecified atom stereocenters. The molecule has 6 heteroatoms. The van der Waals surface area contributed by atoms with Crippen LogP contribution in [0.4, 0.5) is 5.69 Å². The Kier molecular flexibility index (Phi) is 5.60. The first-order valence-corrected chi connectivity index (χ1v) is 8.66. The maximum absolute atomic E-state index is 13.0. The van der Waals surface area contributed by atoms with E-state index in [1.54, 1.807) is 23.5 Å². The smallest absolute Gasteiger partial charge is 0.272 e. The number of anilines is 1. The van der Waals surface area contributed by atoms with Crippen molar-refractivity contribution in [2.24, 2.45) is 0 Å². The quantitative estimate of drug-likeness (QED) is 0.837. The number of carbonyl (C=O) groups excluding carboxylic acids is 1. The van der Waals surface area contributed by atoms with Gasteiger partial charge in [-0.1, -0.05) is 6.92 Å². The molecular formula is C19H24N4O2. The number of ether oxygens (including phenoxy) is 1. The summed E-state index contributed by atoms with van der Waals surface area (Å²) in [6, 6.07) is 7.74. The molecule has 3 heterocycles. The van der Waals surface area contributed by atoms with Crippen LogP contribution in [0.5, 0.6) is 0 Å². The highest BCUT2D eigenvalue weighted by Gasteiger charge is 2.23. The monoisotopic (exact) mass is 340 g/mol. The second kappa shape index (κ2) is 8.07. The fraction of sp³-hybridized carbons (Fsp3) is 0.421. The van der Waals surface area contributed by atoms with Gasteiger partial charge in [0.1, 0.15) is 5.69 Å². The summed E-state index contributed by atoms with van der Waals surface area (Å²) in [5, 5.41) is 0. The highest BCUT2D eigenvalue weighted by Crippen LogP contribution is 2.24. The molecule has 0 spiro atoms. The minimum absolute atomic E-state index is 0.00402. The second-order valence-corrected chi connectivity index (χ2v) is 6.12. The van der Waals surface area contributed by atoms with Gasteiger partial charge in [-0.05, 0) is 36.2 Å². The Morgan fingerprint density at radius 2 is 1.96 bits per heavy atom. The van der Waals surface area contributed by atoms with E-state index in [1.807, 2.05) is 31.3 Å². The van der Waals surface area contributed by atoms with Gasteiger partial charge in [0, 0.05) is 44.4 Å². The summed E-state index contributed by atoms with van der Waals surface area (Å²) >= 11 is 0. The van der Waals surface area contributed by atoms with Crippen molar-refractivity contribution < 1.29 is 9.53 Å². The number of hydrogen-bond donors (Lipinski definition) is 0. The predicted molar refractivity (Wildman–Crippen MR) is 96.6 cm³/mol. The first-order valence-electron chi connectivity index (χ1n) is 8.66. The molecule has 2 aromatic rings. The second-order valence-electron chi connectivity index (χ2n) is 6.12. The number of nitrogens with zero attached hydrogens (tertiary/aromatic N) is 4. The van der Waals surface area contributed by atoms with Crippen LogP contribution in [0.2, 0.25) is 0 Å². The first-order chi connectivity index (χ1) is 12.2. The lowest BCUT2D eigenvalue weighted by Crippen LogP contribution is -2.36. The van der Waals surface area contributed by atoms with Gasteiger partial charge < -0.3 is 14.5 Å². The highest BCUT2D eigenvalue weighted by atomic mass is 16.5. The van der Waals surface area contributed by atoms with Crippen molar-refractivity contribution in [3.63, 3.8) is 0 Å². The first kappa shape index (κ1) is 17.4. The number of morpholine rings is 1. The van der Waals surface area contributed by atoms with Crippen LogP contribution in [-0.4, -0.2) is 54.1 Å². The Hall–Kier alpha value is -2.47. The van der Waals surface area contributed by atoms with Gasteiger partial charge in [-0.3, -0.25) is 14.8 Å². The van der Waals surface area contributed by atoms with Gasteiger partial charge in [0.05, 0.1) is 19.3 Å². The number of pyridine rings is 2. The molecule has 1 saturated heterocycles. The molecule has 0 radical (unpaired) electrons. The third-order valence-corrected chi connectivity index (χ3v) is 4.60. The van der Waals surface area contributed by atoms with E-state index in [4.69, 9.17) is 4.74 Å². The van der Waals surface area contributed by atoms with Crippen LogP contribution in [0.25, 0.3) is 0 Å². The zero-order valence-corrected chi connectivity index (χ0v) is 14.8. The third kappa shape index (κ3) is 3.96. The Balaban J connectivity index is 1.79.